The van der Waals surface area contributed by atoms with Gasteiger partial charge in [-0.15, -0.1) is 0 Å². The fraction of sp³-hybridized carbons (Fsp3) is 0.0667. The highest BCUT2D eigenvalue weighted by molar-refractivity contribution is 9.10. The summed E-state index contributed by atoms with van der Waals surface area (Å²) in [6.45, 7) is 0.268. The molecular weight excluding hydrogens is 655 g/mol. The van der Waals surface area contributed by atoms with Crippen molar-refractivity contribution in [3.8, 4) is 11.5 Å². The predicted octanol–water partition coefficient (Wildman–Crippen LogP) is 9.81. The van der Waals surface area contributed by atoms with Crippen LogP contribution in [0.2, 0.25) is 15.1 Å². The van der Waals surface area contributed by atoms with Crippen LogP contribution in [0.15, 0.2) is 99.3 Å². The molecule has 1 aliphatic rings. The number of nitrogens with zero attached hydrogens (tertiary/aromatic N) is 2. The molecule has 10 heteroatoms. The van der Waals surface area contributed by atoms with E-state index in [2.05, 4.69) is 15.9 Å². The monoisotopic (exact) mass is 672 g/mol. The summed E-state index contributed by atoms with van der Waals surface area (Å²) >= 11 is 23.3. The van der Waals surface area contributed by atoms with E-state index in [0.717, 1.165) is 11.1 Å². The maximum Gasteiger partial charge on any atom is 0.271 e. The van der Waals surface area contributed by atoms with Gasteiger partial charge in [-0.1, -0.05) is 53.0 Å². The van der Waals surface area contributed by atoms with Crippen molar-refractivity contribution in [2.45, 2.75) is 6.61 Å². The topological polar surface area (TPSA) is 51.1 Å². The summed E-state index contributed by atoms with van der Waals surface area (Å²) in [7, 11) is 1.57. The molecule has 1 fully saturated rings. The van der Waals surface area contributed by atoms with E-state index in [9.17, 15) is 4.79 Å². The minimum atomic E-state index is -0.214. The minimum absolute atomic E-state index is 0.214. The van der Waals surface area contributed by atoms with E-state index >= 15 is 0 Å². The summed E-state index contributed by atoms with van der Waals surface area (Å²) < 4.78 is 12.3. The van der Waals surface area contributed by atoms with Crippen molar-refractivity contribution >= 4 is 91.0 Å². The molecule has 0 spiro atoms. The number of aliphatic imine (C=N–C) groups is 1. The number of carbonyl (C=O) groups is 1. The molecule has 0 aromatic heterocycles. The van der Waals surface area contributed by atoms with E-state index in [-0.39, 0.29) is 12.5 Å². The number of anilines is 1. The van der Waals surface area contributed by atoms with Crippen molar-refractivity contribution in [3.05, 3.63) is 121 Å². The van der Waals surface area contributed by atoms with Crippen LogP contribution in [0.1, 0.15) is 11.1 Å². The molecule has 1 heterocycles. The van der Waals surface area contributed by atoms with Gasteiger partial charge in [0.1, 0.15) is 6.61 Å². The molecule has 0 bridgehead atoms. The average molecular weight is 675 g/mol. The second-order valence-electron chi connectivity index (χ2n) is 8.51. The van der Waals surface area contributed by atoms with Crippen molar-refractivity contribution < 1.29 is 14.3 Å². The van der Waals surface area contributed by atoms with E-state index in [1.807, 2.05) is 36.4 Å². The van der Waals surface area contributed by atoms with E-state index < -0.39 is 0 Å². The molecular formula is C30H20BrCl3N2O3S. The summed E-state index contributed by atoms with van der Waals surface area (Å²) in [5.74, 6) is 0.824. The van der Waals surface area contributed by atoms with Gasteiger partial charge in [-0.2, -0.15) is 0 Å². The molecule has 4 aromatic carbocycles. The molecule has 40 heavy (non-hydrogen) atoms. The zero-order chi connectivity index (χ0) is 28.2. The van der Waals surface area contributed by atoms with Crippen molar-refractivity contribution in [1.82, 2.24) is 0 Å². The van der Waals surface area contributed by atoms with Gasteiger partial charge < -0.3 is 9.47 Å². The highest BCUT2D eigenvalue weighted by Gasteiger charge is 2.35. The largest absolute Gasteiger partial charge is 0.493 e. The fourth-order valence-electron chi connectivity index (χ4n) is 3.87. The Hall–Kier alpha value is -2.94. The number of halogens is 4. The molecule has 0 N–H and O–H groups in total. The van der Waals surface area contributed by atoms with Gasteiger partial charge in [-0.25, -0.2) is 4.99 Å². The second kappa shape index (κ2) is 12.7. The molecule has 0 radical (unpaired) electrons. The summed E-state index contributed by atoms with van der Waals surface area (Å²) in [4.78, 5) is 20.5. The second-order valence-corrected chi connectivity index (χ2v) is 11.7. The number of rotatable bonds is 7. The minimum Gasteiger partial charge on any atom is -0.493 e. The molecule has 1 amide bonds. The van der Waals surface area contributed by atoms with E-state index in [1.165, 1.54) is 11.8 Å². The molecule has 1 saturated heterocycles. The standard InChI is InChI=1S/C30H20BrCl3N2O3S/c1-38-26-15-18(14-24(31)28(26)39-17-19-4-2-3-5-25(19)34)16-27-29(37)36(23-12-8-21(33)9-13-23)30(40-27)35-22-10-6-20(32)7-11-22/h2-16H,17H2,1H3/b27-16-,35-30?. The zero-order valence-corrected chi connectivity index (χ0v) is 25.6. The molecule has 202 valence electrons. The average Bonchev–Trinajstić information content (AvgIpc) is 3.24. The van der Waals surface area contributed by atoms with Crippen LogP contribution in [-0.2, 0) is 11.4 Å². The van der Waals surface area contributed by atoms with Gasteiger partial charge >= 0.3 is 0 Å². The van der Waals surface area contributed by atoms with E-state index in [4.69, 9.17) is 49.3 Å². The van der Waals surface area contributed by atoms with Crippen molar-refractivity contribution in [2.24, 2.45) is 4.99 Å². The summed E-state index contributed by atoms with van der Waals surface area (Å²) in [6, 6.07) is 25.3. The quantitative estimate of drug-likeness (QED) is 0.183. The Kier molecular flexibility index (Phi) is 9.08. The zero-order valence-electron chi connectivity index (χ0n) is 20.9. The molecule has 5 nitrogen and oxygen atoms in total. The van der Waals surface area contributed by atoms with Crippen molar-refractivity contribution in [1.29, 1.82) is 0 Å². The Morgan fingerprint density at radius 1 is 0.950 bits per heavy atom. The highest BCUT2D eigenvalue weighted by atomic mass is 79.9. The lowest BCUT2D eigenvalue weighted by Crippen LogP contribution is -2.28. The molecule has 1 aliphatic heterocycles. The van der Waals surface area contributed by atoms with Crippen LogP contribution in [0.3, 0.4) is 0 Å². The summed E-state index contributed by atoms with van der Waals surface area (Å²) in [6.07, 6.45) is 1.80. The summed E-state index contributed by atoms with van der Waals surface area (Å²) in [5, 5.41) is 2.31. The molecule has 0 unspecified atom stereocenters. The van der Waals surface area contributed by atoms with Crippen LogP contribution in [0.5, 0.6) is 11.5 Å². The van der Waals surface area contributed by atoms with Crippen LogP contribution in [-0.4, -0.2) is 18.2 Å². The maximum atomic E-state index is 13.7. The number of amides is 1. The highest BCUT2D eigenvalue weighted by Crippen LogP contribution is 2.41. The maximum absolute atomic E-state index is 13.7. The number of hydrogen-bond donors (Lipinski definition) is 0. The van der Waals surface area contributed by atoms with Gasteiger partial charge in [-0.3, -0.25) is 9.69 Å². The van der Waals surface area contributed by atoms with Gasteiger partial charge in [0.15, 0.2) is 16.7 Å². The van der Waals surface area contributed by atoms with Crippen LogP contribution >= 0.6 is 62.5 Å². The predicted molar refractivity (Wildman–Crippen MR) is 170 cm³/mol. The smallest absolute Gasteiger partial charge is 0.271 e. The van der Waals surface area contributed by atoms with Crippen molar-refractivity contribution in [2.75, 3.05) is 12.0 Å². The third kappa shape index (κ3) is 6.51. The van der Waals surface area contributed by atoms with E-state index in [1.54, 1.807) is 66.6 Å². The fourth-order valence-corrected chi connectivity index (χ4v) is 5.89. The first-order valence-corrected chi connectivity index (χ1v) is 14.6. The number of hydrogen-bond acceptors (Lipinski definition) is 5. The van der Waals surface area contributed by atoms with Crippen LogP contribution in [0.4, 0.5) is 11.4 Å². The lowest BCUT2D eigenvalue weighted by Gasteiger charge is -2.16. The van der Waals surface area contributed by atoms with Crippen molar-refractivity contribution in [3.63, 3.8) is 0 Å². The summed E-state index contributed by atoms with van der Waals surface area (Å²) in [5.41, 5.74) is 2.92. The number of benzene rings is 4. The van der Waals surface area contributed by atoms with Gasteiger partial charge in [0.25, 0.3) is 5.91 Å². The third-order valence-electron chi connectivity index (χ3n) is 5.82. The lowest BCUT2D eigenvalue weighted by molar-refractivity contribution is -0.113. The van der Waals surface area contributed by atoms with Gasteiger partial charge in [0.05, 0.1) is 27.9 Å². The first kappa shape index (κ1) is 28.6. The van der Waals surface area contributed by atoms with Crippen LogP contribution in [0.25, 0.3) is 6.08 Å². The SMILES string of the molecule is COc1cc(/C=C2\SC(=Nc3ccc(Cl)cc3)N(c3ccc(Cl)cc3)C2=O)cc(Br)c1OCc1ccccc1Cl. The van der Waals surface area contributed by atoms with Gasteiger partial charge in [0.2, 0.25) is 0 Å². The molecule has 0 atom stereocenters. The Morgan fingerprint density at radius 2 is 1.62 bits per heavy atom. The lowest BCUT2D eigenvalue weighted by atomic mass is 10.1. The normalized spacial score (nSPS) is 15.2. The Balaban J connectivity index is 1.48. The third-order valence-corrected chi connectivity index (χ3v) is 8.25. The van der Waals surface area contributed by atoms with Gasteiger partial charge in [0, 0.05) is 20.6 Å². The Labute approximate surface area is 259 Å². The van der Waals surface area contributed by atoms with Crippen LogP contribution in [0, 0.1) is 0 Å². The Bertz CT molecular complexity index is 1630. The van der Waals surface area contributed by atoms with E-state index in [0.29, 0.717) is 52.5 Å². The number of amidine groups is 1. The number of methoxy groups -OCH3 is 1. The molecule has 5 rings (SSSR count). The number of ether oxygens (including phenoxy) is 2. The Morgan fingerprint density at radius 3 is 2.30 bits per heavy atom. The molecule has 0 saturated carbocycles. The van der Waals surface area contributed by atoms with Crippen LogP contribution < -0.4 is 14.4 Å². The van der Waals surface area contributed by atoms with Gasteiger partial charge in [-0.05, 0) is 106 Å². The molecule has 0 aliphatic carbocycles. The first-order chi connectivity index (χ1) is 19.3. The number of carbonyl (C=O) groups excluding carboxylic acids is 1. The molecule has 4 aromatic rings. The first-order valence-electron chi connectivity index (χ1n) is 11.9. The number of thioether (sulfide) groups is 1.